The van der Waals surface area contributed by atoms with Gasteiger partial charge in [0.15, 0.2) is 0 Å². The summed E-state index contributed by atoms with van der Waals surface area (Å²) in [4.78, 5) is 1.21. The van der Waals surface area contributed by atoms with Crippen LogP contribution >= 0.6 is 11.3 Å². The molecule has 0 radical (unpaired) electrons. The second-order valence-corrected chi connectivity index (χ2v) is 8.26. The molecule has 1 aromatic rings. The summed E-state index contributed by atoms with van der Waals surface area (Å²) < 4.78 is 27.6. The molecule has 0 saturated carbocycles. The number of likely N-dealkylation sites (N-methyl/N-ethyl adjacent to an activating group) is 1. The van der Waals surface area contributed by atoms with Gasteiger partial charge in [-0.15, -0.1) is 11.3 Å². The van der Waals surface area contributed by atoms with E-state index in [0.29, 0.717) is 13.1 Å². The van der Waals surface area contributed by atoms with E-state index in [2.05, 4.69) is 12.2 Å². The van der Waals surface area contributed by atoms with Gasteiger partial charge in [0.2, 0.25) is 0 Å². The summed E-state index contributed by atoms with van der Waals surface area (Å²) in [6.45, 7) is 5.01. The van der Waals surface area contributed by atoms with E-state index in [9.17, 15) is 8.42 Å². The van der Waals surface area contributed by atoms with Gasteiger partial charge in [-0.2, -0.15) is 17.0 Å². The van der Waals surface area contributed by atoms with Crippen LogP contribution in [0.15, 0.2) is 17.5 Å². The Morgan fingerprint density at radius 3 is 2.52 bits per heavy atom. The molecular weight excluding hydrogens is 306 g/mol. The van der Waals surface area contributed by atoms with Gasteiger partial charge in [-0.25, -0.2) is 0 Å². The third-order valence-corrected chi connectivity index (χ3v) is 6.17. The molecule has 0 spiro atoms. The molecule has 7 heteroatoms. The third-order valence-electron chi connectivity index (χ3n) is 3.29. The molecule has 5 nitrogen and oxygen atoms in total. The summed E-state index contributed by atoms with van der Waals surface area (Å²) in [5.41, 5.74) is 0. The molecule has 1 aromatic heterocycles. The van der Waals surface area contributed by atoms with E-state index in [1.165, 1.54) is 13.5 Å². The quantitative estimate of drug-likeness (QED) is 0.628. The maximum Gasteiger partial charge on any atom is 0.281 e. The van der Waals surface area contributed by atoms with Crippen LogP contribution in [0.2, 0.25) is 0 Å². The molecule has 0 aliphatic heterocycles. The van der Waals surface area contributed by atoms with Gasteiger partial charge in [0.25, 0.3) is 10.2 Å². The number of rotatable bonds is 11. The van der Waals surface area contributed by atoms with Crippen molar-refractivity contribution in [1.29, 1.82) is 0 Å². The van der Waals surface area contributed by atoms with E-state index in [4.69, 9.17) is 0 Å². The maximum atomic E-state index is 12.3. The molecule has 0 unspecified atom stereocenters. The molecule has 0 aliphatic rings. The van der Waals surface area contributed by atoms with Gasteiger partial charge in [0, 0.05) is 32.1 Å². The van der Waals surface area contributed by atoms with E-state index in [1.807, 2.05) is 17.5 Å². The summed E-state index contributed by atoms with van der Waals surface area (Å²) in [7, 11) is -0.0442. The zero-order valence-corrected chi connectivity index (χ0v) is 14.8. The van der Waals surface area contributed by atoms with Crippen LogP contribution in [-0.4, -0.2) is 57.3 Å². The zero-order chi connectivity index (χ0) is 15.7. The molecule has 0 aliphatic carbocycles. The Morgan fingerprint density at radius 2 is 1.90 bits per heavy atom. The Kier molecular flexibility index (Phi) is 8.43. The fourth-order valence-corrected chi connectivity index (χ4v) is 3.78. The van der Waals surface area contributed by atoms with Crippen LogP contribution in [0.4, 0.5) is 0 Å². The van der Waals surface area contributed by atoms with Gasteiger partial charge in [0.1, 0.15) is 0 Å². The SMILES string of the molecule is CCCNCCCN(C)S(=O)(=O)N(C)CCc1cccs1. The van der Waals surface area contributed by atoms with E-state index in [0.717, 1.165) is 32.4 Å². The van der Waals surface area contributed by atoms with E-state index in [1.54, 1.807) is 25.4 Å². The Labute approximate surface area is 133 Å². The van der Waals surface area contributed by atoms with Gasteiger partial charge < -0.3 is 5.32 Å². The Hall–Kier alpha value is -0.470. The molecule has 1 N–H and O–H groups in total. The standard InChI is InChI=1S/C14H27N3O2S2/c1-4-9-15-10-6-11-16(2)21(18,19)17(3)12-8-14-7-5-13-20-14/h5,7,13,15H,4,6,8-12H2,1-3H3. The van der Waals surface area contributed by atoms with Crippen LogP contribution in [0, 0.1) is 0 Å². The van der Waals surface area contributed by atoms with Crippen molar-refractivity contribution in [3.63, 3.8) is 0 Å². The molecule has 122 valence electrons. The Balaban J connectivity index is 2.35. The van der Waals surface area contributed by atoms with Crippen molar-refractivity contribution >= 4 is 21.5 Å². The monoisotopic (exact) mass is 333 g/mol. The number of hydrogen-bond acceptors (Lipinski definition) is 4. The van der Waals surface area contributed by atoms with E-state index >= 15 is 0 Å². The first-order valence-electron chi connectivity index (χ1n) is 7.39. The minimum atomic E-state index is -3.34. The fourth-order valence-electron chi connectivity index (χ4n) is 1.92. The normalized spacial score (nSPS) is 12.4. The van der Waals surface area contributed by atoms with E-state index in [-0.39, 0.29) is 0 Å². The van der Waals surface area contributed by atoms with Crippen LogP contribution in [0.3, 0.4) is 0 Å². The van der Waals surface area contributed by atoms with Crippen molar-refractivity contribution < 1.29 is 8.42 Å². The highest BCUT2D eigenvalue weighted by Gasteiger charge is 2.22. The second-order valence-electron chi connectivity index (χ2n) is 5.08. The highest BCUT2D eigenvalue weighted by atomic mass is 32.2. The first-order chi connectivity index (χ1) is 9.98. The van der Waals surface area contributed by atoms with Gasteiger partial charge in [-0.05, 0) is 43.8 Å². The van der Waals surface area contributed by atoms with Crippen LogP contribution < -0.4 is 5.32 Å². The lowest BCUT2D eigenvalue weighted by Gasteiger charge is -2.24. The zero-order valence-electron chi connectivity index (χ0n) is 13.2. The number of hydrogen-bond donors (Lipinski definition) is 1. The predicted octanol–water partition coefficient (Wildman–Crippen LogP) is 1.79. The smallest absolute Gasteiger partial charge is 0.281 e. The van der Waals surface area contributed by atoms with Crippen molar-refractivity contribution in [3.8, 4) is 0 Å². The first-order valence-corrected chi connectivity index (χ1v) is 9.66. The lowest BCUT2D eigenvalue weighted by atomic mass is 10.3. The van der Waals surface area contributed by atoms with Crippen molar-refractivity contribution in [2.24, 2.45) is 0 Å². The number of nitrogens with one attached hydrogen (secondary N) is 1. The molecule has 1 rings (SSSR count). The topological polar surface area (TPSA) is 52.7 Å². The van der Waals surface area contributed by atoms with Crippen molar-refractivity contribution in [3.05, 3.63) is 22.4 Å². The Morgan fingerprint density at radius 1 is 1.19 bits per heavy atom. The van der Waals surface area contributed by atoms with E-state index < -0.39 is 10.2 Å². The lowest BCUT2D eigenvalue weighted by Crippen LogP contribution is -2.41. The third kappa shape index (κ3) is 6.44. The summed E-state index contributed by atoms with van der Waals surface area (Å²) in [5.74, 6) is 0. The predicted molar refractivity (Wildman–Crippen MR) is 90.0 cm³/mol. The second kappa shape index (κ2) is 9.53. The molecule has 0 atom stereocenters. The largest absolute Gasteiger partial charge is 0.317 e. The lowest BCUT2D eigenvalue weighted by molar-refractivity contribution is 0.388. The molecule has 0 fully saturated rings. The fraction of sp³-hybridized carbons (Fsp3) is 0.714. The molecule has 0 amide bonds. The molecule has 0 saturated heterocycles. The molecule has 21 heavy (non-hydrogen) atoms. The first kappa shape index (κ1) is 18.6. The summed E-state index contributed by atoms with van der Waals surface area (Å²) in [5, 5.41) is 5.29. The van der Waals surface area contributed by atoms with Crippen LogP contribution in [-0.2, 0) is 16.6 Å². The molecule has 1 heterocycles. The van der Waals surface area contributed by atoms with Crippen molar-refractivity contribution in [2.75, 3.05) is 40.3 Å². The number of thiophene rings is 1. The van der Waals surface area contributed by atoms with Gasteiger partial charge in [0.05, 0.1) is 0 Å². The highest BCUT2D eigenvalue weighted by Crippen LogP contribution is 2.11. The minimum absolute atomic E-state index is 0.515. The maximum absolute atomic E-state index is 12.3. The number of nitrogens with zero attached hydrogens (tertiary/aromatic N) is 2. The summed E-state index contributed by atoms with van der Waals surface area (Å²) in [6.07, 6.45) is 2.69. The minimum Gasteiger partial charge on any atom is -0.317 e. The van der Waals surface area contributed by atoms with Gasteiger partial charge in [-0.1, -0.05) is 13.0 Å². The van der Waals surface area contributed by atoms with Crippen molar-refractivity contribution in [2.45, 2.75) is 26.2 Å². The highest BCUT2D eigenvalue weighted by molar-refractivity contribution is 7.86. The van der Waals surface area contributed by atoms with Crippen molar-refractivity contribution in [1.82, 2.24) is 13.9 Å². The molecule has 0 aromatic carbocycles. The average molecular weight is 334 g/mol. The van der Waals surface area contributed by atoms with Crippen LogP contribution in [0.5, 0.6) is 0 Å². The summed E-state index contributed by atoms with van der Waals surface area (Å²) in [6, 6.07) is 4.03. The van der Waals surface area contributed by atoms with Crippen LogP contribution in [0.25, 0.3) is 0 Å². The Bertz CT molecular complexity index is 474. The molecular formula is C14H27N3O2S2. The van der Waals surface area contributed by atoms with Crippen LogP contribution in [0.1, 0.15) is 24.6 Å². The van der Waals surface area contributed by atoms with Gasteiger partial charge >= 0.3 is 0 Å². The molecule has 0 bridgehead atoms. The van der Waals surface area contributed by atoms with Gasteiger partial charge in [-0.3, -0.25) is 0 Å². The average Bonchev–Trinajstić information content (AvgIpc) is 2.97. The summed E-state index contributed by atoms with van der Waals surface area (Å²) >= 11 is 1.66.